The first-order chi connectivity index (χ1) is 9.72. The summed E-state index contributed by atoms with van der Waals surface area (Å²) < 4.78 is 0. The molecule has 102 valence electrons. The summed E-state index contributed by atoms with van der Waals surface area (Å²) in [6.45, 7) is 4.18. The first-order valence-electron chi connectivity index (χ1n) is 6.83. The first-order valence-corrected chi connectivity index (χ1v) is 6.83. The smallest absolute Gasteiger partial charge is 0.0722 e. The molecule has 4 nitrogen and oxygen atoms in total. The van der Waals surface area contributed by atoms with Crippen LogP contribution in [0.2, 0.25) is 0 Å². The van der Waals surface area contributed by atoms with Gasteiger partial charge in [-0.25, -0.2) is 0 Å². The Hall–Kier alpha value is -2.36. The summed E-state index contributed by atoms with van der Waals surface area (Å²) in [7, 11) is 0. The number of aromatic amines is 1. The second kappa shape index (κ2) is 5.33. The lowest BCUT2D eigenvalue weighted by Crippen LogP contribution is -2.18. The highest BCUT2D eigenvalue weighted by Gasteiger charge is 2.08. The van der Waals surface area contributed by atoms with Gasteiger partial charge in [-0.1, -0.05) is 18.2 Å². The monoisotopic (exact) mass is 266 g/mol. The fourth-order valence-electron chi connectivity index (χ4n) is 2.43. The van der Waals surface area contributed by atoms with Crippen LogP contribution < -0.4 is 5.32 Å². The van der Waals surface area contributed by atoms with Gasteiger partial charge in [0.1, 0.15) is 0 Å². The Morgan fingerprint density at radius 2 is 2.10 bits per heavy atom. The van der Waals surface area contributed by atoms with E-state index >= 15 is 0 Å². The number of H-pyrrole nitrogens is 1. The molecule has 0 spiro atoms. The molecule has 1 aromatic carbocycles. The molecule has 0 saturated carbocycles. The highest BCUT2D eigenvalue weighted by molar-refractivity contribution is 5.90. The minimum absolute atomic E-state index is 0.309. The largest absolute Gasteiger partial charge is 0.382 e. The van der Waals surface area contributed by atoms with E-state index in [-0.39, 0.29) is 0 Å². The van der Waals surface area contributed by atoms with Crippen molar-refractivity contribution in [3.05, 3.63) is 54.0 Å². The van der Waals surface area contributed by atoms with E-state index in [1.54, 1.807) is 0 Å². The second-order valence-electron chi connectivity index (χ2n) is 5.17. The molecule has 0 radical (unpaired) electrons. The van der Waals surface area contributed by atoms with Crippen molar-refractivity contribution in [3.8, 4) is 0 Å². The van der Waals surface area contributed by atoms with Gasteiger partial charge in [0.25, 0.3) is 0 Å². The minimum Gasteiger partial charge on any atom is -0.382 e. The van der Waals surface area contributed by atoms with Crippen LogP contribution >= 0.6 is 0 Å². The molecule has 20 heavy (non-hydrogen) atoms. The van der Waals surface area contributed by atoms with Crippen molar-refractivity contribution in [1.29, 1.82) is 0 Å². The number of aromatic nitrogens is 3. The number of hydrogen-bond acceptors (Lipinski definition) is 3. The molecule has 3 rings (SSSR count). The maximum Gasteiger partial charge on any atom is 0.0722 e. The van der Waals surface area contributed by atoms with Gasteiger partial charge in [0.2, 0.25) is 0 Å². The average molecular weight is 266 g/mol. The number of benzene rings is 1. The van der Waals surface area contributed by atoms with Gasteiger partial charge >= 0.3 is 0 Å². The Bertz CT molecular complexity index is 712. The third kappa shape index (κ3) is 2.64. The highest BCUT2D eigenvalue weighted by atomic mass is 15.1. The van der Waals surface area contributed by atoms with E-state index in [9.17, 15) is 0 Å². The fraction of sp³-hybridized carbons (Fsp3) is 0.250. The van der Waals surface area contributed by atoms with Crippen LogP contribution in [0.15, 0.2) is 42.6 Å². The molecule has 2 N–H and O–H groups in total. The summed E-state index contributed by atoms with van der Waals surface area (Å²) in [6, 6.07) is 12.6. The van der Waals surface area contributed by atoms with Crippen molar-refractivity contribution in [2.45, 2.75) is 26.3 Å². The Morgan fingerprint density at radius 3 is 2.90 bits per heavy atom. The van der Waals surface area contributed by atoms with E-state index in [0.29, 0.717) is 6.04 Å². The van der Waals surface area contributed by atoms with Gasteiger partial charge in [0.05, 0.1) is 11.2 Å². The van der Waals surface area contributed by atoms with Crippen molar-refractivity contribution in [2.24, 2.45) is 0 Å². The van der Waals surface area contributed by atoms with Crippen LogP contribution in [-0.4, -0.2) is 21.2 Å². The topological polar surface area (TPSA) is 53.6 Å². The van der Waals surface area contributed by atoms with E-state index in [0.717, 1.165) is 34.4 Å². The molecule has 0 aliphatic carbocycles. The summed E-state index contributed by atoms with van der Waals surface area (Å²) in [6.07, 6.45) is 2.73. The number of rotatable bonds is 4. The zero-order valence-electron chi connectivity index (χ0n) is 11.7. The van der Waals surface area contributed by atoms with Crippen molar-refractivity contribution < 1.29 is 0 Å². The van der Waals surface area contributed by atoms with Gasteiger partial charge in [-0.2, -0.15) is 5.10 Å². The van der Waals surface area contributed by atoms with Crippen LogP contribution in [0.4, 0.5) is 5.69 Å². The predicted molar refractivity (Wildman–Crippen MR) is 81.9 cm³/mol. The molecular formula is C16H18N4. The number of nitrogens with zero attached hydrogens (tertiary/aromatic N) is 2. The Labute approximate surface area is 118 Å². The van der Waals surface area contributed by atoms with Crippen molar-refractivity contribution >= 4 is 16.6 Å². The van der Waals surface area contributed by atoms with Gasteiger partial charge in [0, 0.05) is 35.4 Å². The van der Waals surface area contributed by atoms with E-state index < -0.39 is 0 Å². The van der Waals surface area contributed by atoms with Crippen molar-refractivity contribution in [1.82, 2.24) is 15.2 Å². The standard InChI is InChI=1S/C16H18N4/c1-11(9-13-10-12(2)19-20-13)18-16-7-8-17-15-6-4-3-5-14(15)16/h3-8,10-11H,9H2,1-2H3,(H,17,18)(H,19,20). The number of anilines is 1. The number of hydrogen-bond donors (Lipinski definition) is 2. The molecule has 0 aliphatic heterocycles. The highest BCUT2D eigenvalue weighted by Crippen LogP contribution is 2.22. The number of nitrogens with one attached hydrogen (secondary N) is 2. The maximum absolute atomic E-state index is 4.38. The first kappa shape index (κ1) is 12.7. The molecule has 4 heteroatoms. The molecular weight excluding hydrogens is 248 g/mol. The molecule has 2 heterocycles. The zero-order valence-corrected chi connectivity index (χ0v) is 11.7. The SMILES string of the molecule is Cc1cc(CC(C)Nc2ccnc3ccccc23)n[nH]1. The Morgan fingerprint density at radius 1 is 1.25 bits per heavy atom. The van der Waals surface area contributed by atoms with Crippen molar-refractivity contribution in [3.63, 3.8) is 0 Å². The second-order valence-corrected chi connectivity index (χ2v) is 5.17. The van der Waals surface area contributed by atoms with Crippen LogP contribution in [0.25, 0.3) is 10.9 Å². The van der Waals surface area contributed by atoms with E-state index in [1.165, 1.54) is 0 Å². The van der Waals surface area contributed by atoms with Gasteiger partial charge < -0.3 is 5.32 Å². The molecule has 0 aliphatic rings. The van der Waals surface area contributed by atoms with E-state index in [2.05, 4.69) is 39.6 Å². The lowest BCUT2D eigenvalue weighted by Gasteiger charge is -2.15. The Kier molecular flexibility index (Phi) is 3.37. The van der Waals surface area contributed by atoms with Crippen LogP contribution in [0.5, 0.6) is 0 Å². The number of aryl methyl sites for hydroxylation is 1. The van der Waals surface area contributed by atoms with Crippen molar-refractivity contribution in [2.75, 3.05) is 5.32 Å². The lowest BCUT2D eigenvalue weighted by molar-refractivity contribution is 0.765. The molecule has 0 bridgehead atoms. The molecule has 1 unspecified atom stereocenters. The quantitative estimate of drug-likeness (QED) is 0.761. The average Bonchev–Trinajstić information content (AvgIpc) is 2.84. The third-order valence-electron chi connectivity index (χ3n) is 3.33. The van der Waals surface area contributed by atoms with Crippen LogP contribution in [-0.2, 0) is 6.42 Å². The number of pyridine rings is 1. The fourth-order valence-corrected chi connectivity index (χ4v) is 2.43. The number of para-hydroxylation sites is 1. The molecule has 3 aromatic rings. The van der Waals surface area contributed by atoms with Crippen LogP contribution in [0, 0.1) is 6.92 Å². The predicted octanol–water partition coefficient (Wildman–Crippen LogP) is 3.31. The summed E-state index contributed by atoms with van der Waals surface area (Å²) >= 11 is 0. The van der Waals surface area contributed by atoms with Gasteiger partial charge in [-0.15, -0.1) is 0 Å². The third-order valence-corrected chi connectivity index (χ3v) is 3.33. The van der Waals surface area contributed by atoms with Crippen LogP contribution in [0.3, 0.4) is 0 Å². The summed E-state index contributed by atoms with van der Waals surface area (Å²) in [5, 5.41) is 12.0. The van der Waals surface area contributed by atoms with Gasteiger partial charge in [0.15, 0.2) is 0 Å². The lowest BCUT2D eigenvalue weighted by atomic mass is 10.1. The molecule has 2 aromatic heterocycles. The van der Waals surface area contributed by atoms with E-state index in [4.69, 9.17) is 0 Å². The van der Waals surface area contributed by atoms with E-state index in [1.807, 2.05) is 37.4 Å². The molecule has 0 saturated heterocycles. The molecule has 1 atom stereocenters. The number of fused-ring (bicyclic) bond motifs is 1. The zero-order chi connectivity index (χ0) is 13.9. The maximum atomic E-state index is 4.38. The normalized spacial score (nSPS) is 12.5. The summed E-state index contributed by atoms with van der Waals surface area (Å²) in [4.78, 5) is 4.38. The summed E-state index contributed by atoms with van der Waals surface area (Å²) in [5.41, 5.74) is 4.32. The van der Waals surface area contributed by atoms with Crippen LogP contribution in [0.1, 0.15) is 18.3 Å². The Balaban J connectivity index is 1.79. The van der Waals surface area contributed by atoms with Gasteiger partial charge in [-0.3, -0.25) is 10.1 Å². The minimum atomic E-state index is 0.309. The summed E-state index contributed by atoms with van der Waals surface area (Å²) in [5.74, 6) is 0. The molecule has 0 fully saturated rings. The van der Waals surface area contributed by atoms with Gasteiger partial charge in [-0.05, 0) is 32.0 Å². The molecule has 0 amide bonds.